The van der Waals surface area contributed by atoms with Crippen LogP contribution in [0.1, 0.15) is 12.8 Å². The van der Waals surface area contributed by atoms with Gasteiger partial charge in [-0.1, -0.05) is 0 Å². The first-order valence-corrected chi connectivity index (χ1v) is 11.9. The average Bonchev–Trinajstić information content (AvgIpc) is 3.39. The summed E-state index contributed by atoms with van der Waals surface area (Å²) < 4.78 is 29.1. The van der Waals surface area contributed by atoms with Crippen molar-refractivity contribution in [1.29, 1.82) is 0 Å². The number of carbonyl (C=O) groups is 1. The zero-order valence-corrected chi connectivity index (χ0v) is 19.1. The van der Waals surface area contributed by atoms with Gasteiger partial charge in [-0.05, 0) is 37.1 Å². The molecule has 0 radical (unpaired) electrons. The zero-order valence-electron chi connectivity index (χ0n) is 18.3. The van der Waals surface area contributed by atoms with E-state index in [2.05, 4.69) is 20.6 Å². The molecule has 34 heavy (non-hydrogen) atoms. The fraction of sp³-hybridized carbons (Fsp3) is 0.286. The van der Waals surface area contributed by atoms with Crippen LogP contribution in [0.2, 0.25) is 0 Å². The van der Waals surface area contributed by atoms with E-state index in [4.69, 9.17) is 0 Å². The van der Waals surface area contributed by atoms with Gasteiger partial charge in [0, 0.05) is 44.5 Å². The van der Waals surface area contributed by atoms with Crippen LogP contribution in [0.15, 0.2) is 60.1 Å². The average molecular weight is 486 g/mol. The fourth-order valence-electron chi connectivity index (χ4n) is 3.79. The molecule has 1 saturated heterocycles. The number of hydrogen-bond acceptors (Lipinski definition) is 8. The lowest BCUT2D eigenvalue weighted by Crippen LogP contribution is -2.41. The highest BCUT2D eigenvalue weighted by molar-refractivity contribution is 7.89. The van der Waals surface area contributed by atoms with E-state index >= 15 is 0 Å². The molecule has 3 aromatic rings. The van der Waals surface area contributed by atoms with Crippen LogP contribution in [-0.2, 0) is 14.8 Å². The number of imidazole rings is 1. The van der Waals surface area contributed by atoms with Gasteiger partial charge in [0.25, 0.3) is 5.69 Å². The molecule has 3 heterocycles. The lowest BCUT2D eigenvalue weighted by atomic mass is 9.97. The van der Waals surface area contributed by atoms with Gasteiger partial charge in [-0.3, -0.25) is 19.5 Å². The van der Waals surface area contributed by atoms with E-state index in [1.165, 1.54) is 23.5 Å². The zero-order chi connectivity index (χ0) is 24.3. The molecular weight excluding hydrogens is 462 g/mol. The third kappa shape index (κ3) is 4.75. The van der Waals surface area contributed by atoms with Crippen molar-refractivity contribution in [2.75, 3.05) is 30.8 Å². The molecule has 1 fully saturated rings. The van der Waals surface area contributed by atoms with Gasteiger partial charge >= 0.3 is 0 Å². The molecule has 13 heteroatoms. The number of nitrogens with zero attached hydrogens (tertiary/aromatic N) is 5. The fourth-order valence-corrected chi connectivity index (χ4v) is 5.28. The van der Waals surface area contributed by atoms with E-state index in [1.54, 1.807) is 41.6 Å². The van der Waals surface area contributed by atoms with Gasteiger partial charge < -0.3 is 10.6 Å². The van der Waals surface area contributed by atoms with Crippen LogP contribution in [0.3, 0.4) is 0 Å². The summed E-state index contributed by atoms with van der Waals surface area (Å²) in [5.74, 6) is 0.0982. The van der Waals surface area contributed by atoms with Crippen molar-refractivity contribution in [3.8, 4) is 5.82 Å². The number of nitrogens with one attached hydrogen (secondary N) is 2. The summed E-state index contributed by atoms with van der Waals surface area (Å²) in [6, 6.07) is 7.26. The van der Waals surface area contributed by atoms with Gasteiger partial charge in [0.2, 0.25) is 15.9 Å². The smallest absolute Gasteiger partial charge is 0.293 e. The SMILES string of the molecule is CNc1ccc(S(=O)(=O)N2CCC(C(=O)Nc3ccc(-n4ccnc4)nc3)CC2)cc1[N+](=O)[O-]. The Labute approximate surface area is 195 Å². The van der Waals surface area contributed by atoms with Crippen LogP contribution in [0.5, 0.6) is 0 Å². The maximum Gasteiger partial charge on any atom is 0.293 e. The van der Waals surface area contributed by atoms with E-state index in [-0.39, 0.29) is 41.2 Å². The molecule has 12 nitrogen and oxygen atoms in total. The van der Waals surface area contributed by atoms with Crippen LogP contribution < -0.4 is 10.6 Å². The van der Waals surface area contributed by atoms with Crippen LogP contribution in [0.4, 0.5) is 17.1 Å². The molecule has 0 atom stereocenters. The first-order valence-electron chi connectivity index (χ1n) is 10.5. The van der Waals surface area contributed by atoms with Crippen LogP contribution in [-0.4, -0.2) is 58.2 Å². The second kappa shape index (κ2) is 9.57. The Morgan fingerprint density at radius 1 is 1.21 bits per heavy atom. The first kappa shape index (κ1) is 23.3. The third-order valence-corrected chi connectivity index (χ3v) is 7.58. The molecule has 1 amide bonds. The minimum atomic E-state index is -3.93. The van der Waals surface area contributed by atoms with Gasteiger partial charge in [0.1, 0.15) is 17.8 Å². The maximum absolute atomic E-state index is 13.0. The number of hydrogen-bond donors (Lipinski definition) is 2. The van der Waals surface area contributed by atoms with E-state index in [0.29, 0.717) is 24.3 Å². The number of carbonyl (C=O) groups excluding carboxylic acids is 1. The molecular formula is C21H23N7O5S. The number of rotatable bonds is 7. The lowest BCUT2D eigenvalue weighted by molar-refractivity contribution is -0.384. The second-order valence-corrected chi connectivity index (χ2v) is 9.67. The second-order valence-electron chi connectivity index (χ2n) is 7.73. The Balaban J connectivity index is 1.38. The van der Waals surface area contributed by atoms with Crippen molar-refractivity contribution < 1.29 is 18.1 Å². The van der Waals surface area contributed by atoms with Gasteiger partial charge in [-0.15, -0.1) is 0 Å². The molecule has 178 valence electrons. The number of anilines is 2. The molecule has 1 aliphatic rings. The van der Waals surface area contributed by atoms with Gasteiger partial charge in [-0.25, -0.2) is 18.4 Å². The number of benzene rings is 1. The minimum absolute atomic E-state index is 0.139. The van der Waals surface area contributed by atoms with Crippen molar-refractivity contribution in [3.05, 3.63) is 65.4 Å². The summed E-state index contributed by atoms with van der Waals surface area (Å²) in [6.07, 6.45) is 7.24. The molecule has 0 unspecified atom stereocenters. The van der Waals surface area contributed by atoms with E-state index < -0.39 is 14.9 Å². The molecule has 0 spiro atoms. The van der Waals surface area contributed by atoms with Crippen molar-refractivity contribution in [3.63, 3.8) is 0 Å². The number of piperidine rings is 1. The lowest BCUT2D eigenvalue weighted by Gasteiger charge is -2.30. The number of pyridine rings is 1. The van der Waals surface area contributed by atoms with Crippen molar-refractivity contribution in [2.45, 2.75) is 17.7 Å². The molecule has 4 rings (SSSR count). The van der Waals surface area contributed by atoms with Gasteiger partial charge in [-0.2, -0.15) is 4.31 Å². The van der Waals surface area contributed by atoms with E-state index in [0.717, 1.165) is 6.07 Å². The van der Waals surface area contributed by atoms with Gasteiger partial charge in [0.05, 0.1) is 21.7 Å². The third-order valence-electron chi connectivity index (χ3n) is 5.68. The quantitative estimate of drug-likeness (QED) is 0.382. The highest BCUT2D eigenvalue weighted by Crippen LogP contribution is 2.30. The predicted octanol–water partition coefficient (Wildman–Crippen LogP) is 2.26. The Kier molecular flexibility index (Phi) is 6.56. The highest BCUT2D eigenvalue weighted by Gasteiger charge is 2.33. The number of sulfonamides is 1. The van der Waals surface area contributed by atoms with Crippen LogP contribution >= 0.6 is 0 Å². The molecule has 1 aromatic carbocycles. The number of aromatic nitrogens is 3. The molecule has 0 aliphatic carbocycles. The molecule has 2 aromatic heterocycles. The summed E-state index contributed by atoms with van der Waals surface area (Å²) in [7, 11) is -2.40. The number of nitro groups is 1. The summed E-state index contributed by atoms with van der Waals surface area (Å²) in [4.78, 5) is 31.5. The van der Waals surface area contributed by atoms with Gasteiger partial charge in [0.15, 0.2) is 0 Å². The first-order chi connectivity index (χ1) is 16.3. The van der Waals surface area contributed by atoms with Crippen molar-refractivity contribution in [1.82, 2.24) is 18.8 Å². The maximum atomic E-state index is 13.0. The standard InChI is InChI=1S/C21H23N7O5S/c1-22-18-4-3-17(12-19(18)28(30)31)34(32,33)27-9-6-15(7-10-27)21(29)25-16-2-5-20(24-13-16)26-11-8-23-14-26/h2-5,8,11-15,22H,6-7,9-10H2,1H3,(H,25,29). The Morgan fingerprint density at radius 3 is 2.56 bits per heavy atom. The molecule has 0 bridgehead atoms. The Bertz CT molecular complexity index is 1290. The van der Waals surface area contributed by atoms with Crippen LogP contribution in [0, 0.1) is 16.0 Å². The molecule has 0 saturated carbocycles. The molecule has 1 aliphatic heterocycles. The Hall–Kier alpha value is -3.84. The number of nitro benzene ring substituents is 1. The summed E-state index contributed by atoms with van der Waals surface area (Å²) in [6.45, 7) is 0.277. The summed E-state index contributed by atoms with van der Waals surface area (Å²) >= 11 is 0. The largest absolute Gasteiger partial charge is 0.383 e. The predicted molar refractivity (Wildman–Crippen MR) is 124 cm³/mol. The summed E-state index contributed by atoms with van der Waals surface area (Å²) in [5.41, 5.74) is 0.457. The highest BCUT2D eigenvalue weighted by atomic mass is 32.2. The van der Waals surface area contributed by atoms with E-state index in [9.17, 15) is 23.3 Å². The minimum Gasteiger partial charge on any atom is -0.383 e. The molecule has 2 N–H and O–H groups in total. The Morgan fingerprint density at radius 2 is 1.97 bits per heavy atom. The van der Waals surface area contributed by atoms with Crippen molar-refractivity contribution in [2.24, 2.45) is 5.92 Å². The topological polar surface area (TPSA) is 152 Å². The number of amides is 1. The van der Waals surface area contributed by atoms with Crippen LogP contribution in [0.25, 0.3) is 5.82 Å². The monoisotopic (exact) mass is 485 g/mol. The normalized spacial score (nSPS) is 15.1. The van der Waals surface area contributed by atoms with Crippen molar-refractivity contribution >= 4 is 33.0 Å². The summed E-state index contributed by atoms with van der Waals surface area (Å²) in [5, 5.41) is 16.8. The van der Waals surface area contributed by atoms with E-state index in [1.807, 2.05) is 0 Å².